The lowest BCUT2D eigenvalue weighted by Gasteiger charge is -2.09. The van der Waals surface area contributed by atoms with Crippen LogP contribution in [0.3, 0.4) is 0 Å². The fraction of sp³-hybridized carbons (Fsp3) is 0. The Morgan fingerprint density at radius 1 is 0.250 bits per heavy atom. The quantitative estimate of drug-likeness (QED) is 0.133. The molecule has 8 heteroatoms. The molecule has 0 unspecified atom stereocenters. The molecule has 0 saturated carbocycles. The van der Waals surface area contributed by atoms with Gasteiger partial charge in [-0.15, -0.1) is 0 Å². The highest BCUT2D eigenvalue weighted by molar-refractivity contribution is 6.22. The van der Waals surface area contributed by atoms with Gasteiger partial charge in [-0.25, -0.2) is 19.2 Å². The summed E-state index contributed by atoms with van der Waals surface area (Å²) in [6, 6.07) is 55.0. The van der Waals surface area contributed by atoms with Gasteiger partial charge in [0.25, 0.3) is 0 Å². The van der Waals surface area contributed by atoms with E-state index in [1.165, 1.54) is 32.3 Å². The van der Waals surface area contributed by atoms with Crippen molar-refractivity contribution < 1.29 is 39.6 Å². The Balaban J connectivity index is 0.000000150. The van der Waals surface area contributed by atoms with Crippen molar-refractivity contribution in [2.45, 2.75) is 0 Å². The van der Waals surface area contributed by atoms with Crippen molar-refractivity contribution in [1.82, 2.24) is 0 Å². The van der Waals surface area contributed by atoms with E-state index in [9.17, 15) is 19.2 Å². The number of carboxylic acids is 4. The Kier molecular flexibility index (Phi) is 13.7. The maximum absolute atomic E-state index is 10.2. The zero-order chi connectivity index (χ0) is 37.3. The van der Waals surface area contributed by atoms with E-state index in [1.807, 2.05) is 0 Å². The highest BCUT2D eigenvalue weighted by Crippen LogP contribution is 2.33. The molecular formula is C44H34O8. The van der Waals surface area contributed by atoms with Gasteiger partial charge in [0.1, 0.15) is 0 Å². The molecule has 0 fully saturated rings. The van der Waals surface area contributed by atoms with Gasteiger partial charge in [0, 0.05) is 0 Å². The summed E-state index contributed by atoms with van der Waals surface area (Å²) < 4.78 is 0. The van der Waals surface area contributed by atoms with E-state index in [1.54, 1.807) is 121 Å². The molecule has 0 saturated heterocycles. The molecule has 0 aliphatic rings. The number of hydrogen-bond donors (Lipinski definition) is 4. The van der Waals surface area contributed by atoms with E-state index in [0.29, 0.717) is 22.3 Å². The second kappa shape index (κ2) is 19.0. The number of carboxylic acid groups (broad SMARTS) is 4. The van der Waals surface area contributed by atoms with Gasteiger partial charge in [0.05, 0.1) is 22.3 Å². The third-order valence-electron chi connectivity index (χ3n) is 7.48. The van der Waals surface area contributed by atoms with E-state index < -0.39 is 23.9 Å². The van der Waals surface area contributed by atoms with Crippen LogP contribution in [0.5, 0.6) is 0 Å². The normalized spacial score (nSPS) is 9.77. The number of rotatable bonds is 4. The molecule has 0 radical (unpaired) electrons. The largest absolute Gasteiger partial charge is 0.478 e. The molecule has 8 aromatic rings. The Morgan fingerprint density at radius 2 is 0.442 bits per heavy atom. The van der Waals surface area contributed by atoms with E-state index in [-0.39, 0.29) is 0 Å². The topological polar surface area (TPSA) is 149 Å². The molecule has 0 aliphatic heterocycles. The Labute approximate surface area is 299 Å². The smallest absolute Gasteiger partial charge is 0.335 e. The van der Waals surface area contributed by atoms with Crippen LogP contribution in [0.15, 0.2) is 182 Å². The van der Waals surface area contributed by atoms with Gasteiger partial charge in [0.15, 0.2) is 0 Å². The molecular weight excluding hydrogens is 656 g/mol. The van der Waals surface area contributed by atoms with Crippen molar-refractivity contribution in [1.29, 1.82) is 0 Å². The van der Waals surface area contributed by atoms with E-state index in [2.05, 4.69) is 60.7 Å². The standard InChI is InChI=1S/C16H10.4C7H6O2/c1-3-11-7-9-13-5-2-6-14-10-8-12(4-1)15(11)16(13)14;4*8-7(9)6-4-2-1-3-5-6/h1-10H;4*1-5H,(H,8,9). The van der Waals surface area contributed by atoms with Crippen molar-refractivity contribution in [3.63, 3.8) is 0 Å². The fourth-order valence-electron chi connectivity index (χ4n) is 4.99. The summed E-state index contributed by atoms with van der Waals surface area (Å²) >= 11 is 0. The van der Waals surface area contributed by atoms with Gasteiger partial charge in [-0.2, -0.15) is 0 Å². The molecule has 0 bridgehead atoms. The maximum atomic E-state index is 10.2. The van der Waals surface area contributed by atoms with Crippen LogP contribution in [0.2, 0.25) is 0 Å². The van der Waals surface area contributed by atoms with Crippen LogP contribution in [0.4, 0.5) is 0 Å². The maximum Gasteiger partial charge on any atom is 0.335 e. The van der Waals surface area contributed by atoms with Gasteiger partial charge >= 0.3 is 23.9 Å². The summed E-state index contributed by atoms with van der Waals surface area (Å²) in [6.07, 6.45) is 0. The molecule has 8 rings (SSSR count). The first-order valence-electron chi connectivity index (χ1n) is 15.9. The minimum Gasteiger partial charge on any atom is -0.478 e. The summed E-state index contributed by atoms with van der Waals surface area (Å²) in [6.45, 7) is 0. The molecule has 258 valence electrons. The van der Waals surface area contributed by atoms with Crippen molar-refractivity contribution in [2.75, 3.05) is 0 Å². The minimum absolute atomic E-state index is 0.331. The molecule has 0 aromatic heterocycles. The fourth-order valence-corrected chi connectivity index (χ4v) is 4.99. The highest BCUT2D eigenvalue weighted by atomic mass is 16.4. The van der Waals surface area contributed by atoms with E-state index >= 15 is 0 Å². The Hall–Kier alpha value is -7.32. The molecule has 0 aliphatic carbocycles. The first-order chi connectivity index (χ1) is 25.2. The molecule has 0 spiro atoms. The van der Waals surface area contributed by atoms with Crippen molar-refractivity contribution >= 4 is 56.2 Å². The lowest BCUT2D eigenvalue weighted by molar-refractivity contribution is 0.0686. The van der Waals surface area contributed by atoms with E-state index in [0.717, 1.165) is 0 Å². The van der Waals surface area contributed by atoms with E-state index in [4.69, 9.17) is 20.4 Å². The van der Waals surface area contributed by atoms with Crippen LogP contribution in [-0.2, 0) is 0 Å². The van der Waals surface area contributed by atoms with Gasteiger partial charge in [0.2, 0.25) is 0 Å². The molecule has 0 atom stereocenters. The predicted molar refractivity (Wildman–Crippen MR) is 204 cm³/mol. The molecule has 8 nitrogen and oxygen atoms in total. The van der Waals surface area contributed by atoms with Gasteiger partial charge in [-0.3, -0.25) is 0 Å². The summed E-state index contributed by atoms with van der Waals surface area (Å²) in [7, 11) is 0. The molecule has 8 aromatic carbocycles. The summed E-state index contributed by atoms with van der Waals surface area (Å²) in [5.74, 6) is -3.52. The number of aromatic carboxylic acids is 4. The summed E-state index contributed by atoms with van der Waals surface area (Å²) in [5.41, 5.74) is 1.32. The summed E-state index contributed by atoms with van der Waals surface area (Å²) in [4.78, 5) is 40.8. The molecule has 52 heavy (non-hydrogen) atoms. The zero-order valence-corrected chi connectivity index (χ0v) is 27.7. The zero-order valence-electron chi connectivity index (χ0n) is 27.7. The minimum atomic E-state index is -0.879. The van der Waals surface area contributed by atoms with Gasteiger partial charge < -0.3 is 20.4 Å². The SMILES string of the molecule is O=C(O)c1ccccc1.O=C(O)c1ccccc1.O=C(O)c1ccccc1.O=C(O)c1ccccc1.c1cc2ccc3cccc4ccc(c1)c2c34. The molecule has 0 heterocycles. The molecule has 4 N–H and O–H groups in total. The number of carbonyl (C=O) groups is 4. The predicted octanol–water partition coefficient (Wildman–Crippen LogP) is 10.1. The van der Waals surface area contributed by atoms with Crippen molar-refractivity contribution in [3.8, 4) is 0 Å². The number of benzene rings is 8. The Bertz CT molecular complexity index is 2010. The lowest BCUT2D eigenvalue weighted by atomic mass is 9.95. The van der Waals surface area contributed by atoms with Crippen molar-refractivity contribution in [2.24, 2.45) is 0 Å². The second-order valence-corrected chi connectivity index (χ2v) is 11.0. The number of hydrogen-bond acceptors (Lipinski definition) is 4. The first kappa shape index (κ1) is 37.5. The van der Waals surface area contributed by atoms with Crippen LogP contribution in [0.1, 0.15) is 41.4 Å². The van der Waals surface area contributed by atoms with Crippen LogP contribution in [0.25, 0.3) is 32.3 Å². The monoisotopic (exact) mass is 690 g/mol. The van der Waals surface area contributed by atoms with Crippen molar-refractivity contribution in [3.05, 3.63) is 204 Å². The third kappa shape index (κ3) is 10.8. The molecule has 0 amide bonds. The van der Waals surface area contributed by atoms with Gasteiger partial charge in [-0.05, 0) is 80.8 Å². The first-order valence-corrected chi connectivity index (χ1v) is 15.9. The van der Waals surface area contributed by atoms with Crippen LogP contribution in [-0.4, -0.2) is 44.3 Å². The average molecular weight is 691 g/mol. The lowest BCUT2D eigenvalue weighted by Crippen LogP contribution is -1.93. The highest BCUT2D eigenvalue weighted by Gasteiger charge is 2.06. The Morgan fingerprint density at radius 3 is 0.596 bits per heavy atom. The van der Waals surface area contributed by atoms with Crippen LogP contribution < -0.4 is 0 Å². The third-order valence-corrected chi connectivity index (χ3v) is 7.48. The average Bonchev–Trinajstić information content (AvgIpc) is 3.19. The van der Waals surface area contributed by atoms with Gasteiger partial charge in [-0.1, -0.05) is 133 Å². The summed E-state index contributed by atoms with van der Waals surface area (Å²) in [5, 5.41) is 41.7. The van der Waals surface area contributed by atoms with Crippen LogP contribution >= 0.6 is 0 Å². The second-order valence-electron chi connectivity index (χ2n) is 11.0. The van der Waals surface area contributed by atoms with Crippen LogP contribution in [0, 0.1) is 0 Å².